The highest BCUT2D eigenvalue weighted by atomic mass is 32.2. The van der Waals surface area contributed by atoms with Crippen LogP contribution < -0.4 is 0 Å². The highest BCUT2D eigenvalue weighted by Gasteiger charge is 2.04. The zero-order valence-corrected chi connectivity index (χ0v) is 9.97. The number of thioether (sulfide) groups is 1. The van der Waals surface area contributed by atoms with E-state index < -0.39 is 0 Å². The summed E-state index contributed by atoms with van der Waals surface area (Å²) in [6, 6.07) is 2.54. The van der Waals surface area contributed by atoms with Gasteiger partial charge in [-0.05, 0) is 24.6 Å². The molecule has 4 heteroatoms. The van der Waals surface area contributed by atoms with Gasteiger partial charge in [0, 0.05) is 18.2 Å². The molecule has 1 aromatic rings. The number of hydrogen-bond donors (Lipinski definition) is 1. The molecule has 86 valence electrons. The van der Waals surface area contributed by atoms with E-state index in [1.165, 1.54) is 19.1 Å². The molecule has 0 saturated heterocycles. The van der Waals surface area contributed by atoms with Gasteiger partial charge in [-0.25, -0.2) is 4.39 Å². The van der Waals surface area contributed by atoms with Crippen LogP contribution in [-0.2, 0) is 4.79 Å². The fourth-order valence-corrected chi connectivity index (χ4v) is 1.66. The molecule has 1 aromatic carbocycles. The minimum Gasteiger partial charge on any atom is -0.507 e. The van der Waals surface area contributed by atoms with Gasteiger partial charge in [0.25, 0.3) is 0 Å². The van der Waals surface area contributed by atoms with Crippen LogP contribution in [0.5, 0.6) is 5.75 Å². The van der Waals surface area contributed by atoms with Gasteiger partial charge >= 0.3 is 0 Å². The molecule has 0 aromatic heterocycles. The number of phenols is 1. The number of carbonyl (C=O) groups excluding carboxylic acids is 1. The Balaban J connectivity index is 2.77. The van der Waals surface area contributed by atoms with E-state index in [0.29, 0.717) is 16.9 Å². The van der Waals surface area contributed by atoms with Crippen LogP contribution in [0.25, 0.3) is 6.08 Å². The van der Waals surface area contributed by atoms with Crippen molar-refractivity contribution in [1.82, 2.24) is 0 Å². The minimum atomic E-state index is -0.380. The summed E-state index contributed by atoms with van der Waals surface area (Å²) in [5, 5.41) is 9.67. The average molecular weight is 240 g/mol. The molecule has 0 bridgehead atoms. The molecule has 0 radical (unpaired) electrons. The summed E-state index contributed by atoms with van der Waals surface area (Å²) in [5.74, 6) is 0.212. The first-order chi connectivity index (χ1) is 7.50. The Labute approximate surface area is 98.2 Å². The van der Waals surface area contributed by atoms with E-state index in [0.717, 1.165) is 11.8 Å². The van der Waals surface area contributed by atoms with Crippen LogP contribution in [-0.4, -0.2) is 16.0 Å². The quantitative estimate of drug-likeness (QED) is 0.882. The lowest BCUT2D eigenvalue weighted by atomic mass is 10.1. The van der Waals surface area contributed by atoms with Gasteiger partial charge < -0.3 is 5.11 Å². The lowest BCUT2D eigenvalue weighted by Gasteiger charge is -2.03. The first kappa shape index (κ1) is 12.8. The summed E-state index contributed by atoms with van der Waals surface area (Å²) in [6.07, 6.45) is 3.33. The molecular formula is C12H13FO2S. The third-order valence-corrected chi connectivity index (χ3v) is 2.74. The van der Waals surface area contributed by atoms with Gasteiger partial charge in [0.15, 0.2) is 5.12 Å². The molecule has 0 amide bonds. The predicted octanol–water partition coefficient (Wildman–Crippen LogP) is 3.13. The van der Waals surface area contributed by atoms with E-state index in [2.05, 4.69) is 0 Å². The molecule has 0 saturated carbocycles. The van der Waals surface area contributed by atoms with Crippen molar-refractivity contribution in [3.63, 3.8) is 0 Å². The van der Waals surface area contributed by atoms with Gasteiger partial charge in [0.1, 0.15) is 11.6 Å². The van der Waals surface area contributed by atoms with Crippen LogP contribution in [0.4, 0.5) is 4.39 Å². The third-order valence-electron chi connectivity index (χ3n) is 1.97. The number of halogens is 1. The highest BCUT2D eigenvalue weighted by Crippen LogP contribution is 2.24. The molecule has 0 unspecified atom stereocenters. The number of aryl methyl sites for hydroxylation is 1. The van der Waals surface area contributed by atoms with Crippen molar-refractivity contribution in [2.24, 2.45) is 0 Å². The van der Waals surface area contributed by atoms with Crippen LogP contribution in [0.1, 0.15) is 18.1 Å². The van der Waals surface area contributed by atoms with E-state index >= 15 is 0 Å². The highest BCUT2D eigenvalue weighted by molar-refractivity contribution is 8.13. The zero-order chi connectivity index (χ0) is 12.1. The summed E-state index contributed by atoms with van der Waals surface area (Å²) < 4.78 is 13.0. The second kappa shape index (κ2) is 5.70. The van der Waals surface area contributed by atoms with Crippen molar-refractivity contribution in [2.45, 2.75) is 13.8 Å². The molecule has 0 atom stereocenters. The fraction of sp³-hybridized carbons (Fsp3) is 0.250. The van der Waals surface area contributed by atoms with Crippen molar-refractivity contribution >= 4 is 23.0 Å². The van der Waals surface area contributed by atoms with Gasteiger partial charge in [-0.15, -0.1) is 0 Å². The fourth-order valence-electron chi connectivity index (χ4n) is 1.23. The molecule has 1 N–H and O–H groups in total. The smallest absolute Gasteiger partial charge is 0.186 e. The number of carbonyl (C=O) groups is 1. The van der Waals surface area contributed by atoms with Crippen LogP contribution in [0.15, 0.2) is 18.2 Å². The summed E-state index contributed by atoms with van der Waals surface area (Å²) >= 11 is 1.16. The SMILES string of the molecule is CC(=O)SCC=Cc1cc(F)cc(C)c1O. The van der Waals surface area contributed by atoms with Crippen LogP contribution in [0, 0.1) is 12.7 Å². The summed E-state index contributed by atoms with van der Waals surface area (Å²) in [5.41, 5.74) is 0.931. The monoisotopic (exact) mass is 240 g/mol. The van der Waals surface area contributed by atoms with E-state index in [1.807, 2.05) is 0 Å². The Bertz CT molecular complexity index is 427. The second-order valence-electron chi connectivity index (χ2n) is 3.37. The van der Waals surface area contributed by atoms with Crippen LogP contribution in [0.3, 0.4) is 0 Å². The Morgan fingerprint density at radius 1 is 1.56 bits per heavy atom. The van der Waals surface area contributed by atoms with Gasteiger partial charge in [0.2, 0.25) is 0 Å². The average Bonchev–Trinajstić information content (AvgIpc) is 2.19. The van der Waals surface area contributed by atoms with Crippen molar-refractivity contribution in [2.75, 3.05) is 5.75 Å². The lowest BCUT2D eigenvalue weighted by Crippen LogP contribution is -1.85. The number of aromatic hydroxyl groups is 1. The molecule has 1 rings (SSSR count). The largest absolute Gasteiger partial charge is 0.507 e. The van der Waals surface area contributed by atoms with Crippen molar-refractivity contribution < 1.29 is 14.3 Å². The van der Waals surface area contributed by atoms with Gasteiger partial charge in [-0.2, -0.15) is 0 Å². The Kier molecular flexibility index (Phi) is 4.55. The van der Waals surface area contributed by atoms with Crippen molar-refractivity contribution in [1.29, 1.82) is 0 Å². The molecule has 16 heavy (non-hydrogen) atoms. The Morgan fingerprint density at radius 3 is 2.88 bits per heavy atom. The summed E-state index contributed by atoms with van der Waals surface area (Å²) in [7, 11) is 0. The summed E-state index contributed by atoms with van der Waals surface area (Å²) in [6.45, 7) is 3.13. The Hall–Kier alpha value is -1.29. The van der Waals surface area contributed by atoms with Gasteiger partial charge in [-0.3, -0.25) is 4.79 Å². The molecule has 0 fully saturated rings. The maximum Gasteiger partial charge on any atom is 0.186 e. The second-order valence-corrected chi connectivity index (χ2v) is 4.56. The van der Waals surface area contributed by atoms with E-state index in [9.17, 15) is 14.3 Å². The van der Waals surface area contributed by atoms with Crippen molar-refractivity contribution in [3.8, 4) is 5.75 Å². The zero-order valence-electron chi connectivity index (χ0n) is 9.16. The molecule has 0 aliphatic carbocycles. The predicted molar refractivity (Wildman–Crippen MR) is 65.0 cm³/mol. The molecule has 0 spiro atoms. The molecule has 0 aliphatic rings. The number of rotatable bonds is 3. The van der Waals surface area contributed by atoms with E-state index in [4.69, 9.17) is 0 Å². The number of benzene rings is 1. The first-order valence-electron chi connectivity index (χ1n) is 4.79. The lowest BCUT2D eigenvalue weighted by molar-refractivity contribution is -0.109. The summed E-state index contributed by atoms with van der Waals surface area (Å²) in [4.78, 5) is 10.6. The van der Waals surface area contributed by atoms with Crippen molar-refractivity contribution in [3.05, 3.63) is 35.2 Å². The maximum atomic E-state index is 13.0. The first-order valence-corrected chi connectivity index (χ1v) is 5.78. The van der Waals surface area contributed by atoms with E-state index in [1.54, 1.807) is 19.1 Å². The molecule has 0 aliphatic heterocycles. The van der Waals surface area contributed by atoms with Gasteiger partial charge in [0.05, 0.1) is 0 Å². The number of hydrogen-bond acceptors (Lipinski definition) is 3. The normalized spacial score (nSPS) is 10.9. The van der Waals surface area contributed by atoms with Crippen LogP contribution >= 0.6 is 11.8 Å². The van der Waals surface area contributed by atoms with Crippen LogP contribution in [0.2, 0.25) is 0 Å². The Morgan fingerprint density at radius 2 is 2.25 bits per heavy atom. The third kappa shape index (κ3) is 3.70. The molecule has 2 nitrogen and oxygen atoms in total. The minimum absolute atomic E-state index is 0.0318. The standard InChI is InChI=1S/C12H13FO2S/c1-8-6-11(13)7-10(12(8)15)4-3-5-16-9(2)14/h3-4,6-7,15H,5H2,1-2H3. The molecule has 0 heterocycles. The van der Waals surface area contributed by atoms with E-state index in [-0.39, 0.29) is 16.7 Å². The maximum absolute atomic E-state index is 13.0. The molecular weight excluding hydrogens is 227 g/mol. The van der Waals surface area contributed by atoms with Gasteiger partial charge in [-0.1, -0.05) is 23.9 Å². The number of phenolic OH excluding ortho intramolecular Hbond substituents is 1. The topological polar surface area (TPSA) is 37.3 Å².